The molecule has 23 heavy (non-hydrogen) atoms. The highest BCUT2D eigenvalue weighted by molar-refractivity contribution is 7.19. The maximum atomic E-state index is 5.71. The first-order valence-corrected chi connectivity index (χ1v) is 9.25. The van der Waals surface area contributed by atoms with Crippen LogP contribution in [0.3, 0.4) is 0 Å². The van der Waals surface area contributed by atoms with Crippen molar-refractivity contribution in [3.05, 3.63) is 16.8 Å². The molecule has 0 bridgehead atoms. The van der Waals surface area contributed by atoms with E-state index < -0.39 is 0 Å². The summed E-state index contributed by atoms with van der Waals surface area (Å²) in [5.74, 6) is 1.73. The second kappa shape index (κ2) is 6.71. The molecule has 1 aliphatic carbocycles. The third kappa shape index (κ3) is 2.95. The highest BCUT2D eigenvalue weighted by Crippen LogP contribution is 2.41. The van der Waals surface area contributed by atoms with Crippen molar-refractivity contribution < 1.29 is 9.47 Å². The van der Waals surface area contributed by atoms with Crippen molar-refractivity contribution in [1.82, 2.24) is 9.97 Å². The summed E-state index contributed by atoms with van der Waals surface area (Å²) in [6.45, 7) is 4.27. The van der Waals surface area contributed by atoms with Gasteiger partial charge in [0.15, 0.2) is 0 Å². The number of fused-ring (bicyclic) bond motifs is 3. The summed E-state index contributed by atoms with van der Waals surface area (Å²) >= 11 is 1.86. The van der Waals surface area contributed by atoms with E-state index in [0.29, 0.717) is 19.1 Å². The smallest absolute Gasteiger partial charge is 0.141 e. The number of ether oxygens (including phenoxy) is 2. The molecule has 0 aromatic carbocycles. The van der Waals surface area contributed by atoms with Gasteiger partial charge < -0.3 is 14.4 Å². The summed E-state index contributed by atoms with van der Waals surface area (Å²) < 4.78 is 10.7. The van der Waals surface area contributed by atoms with Crippen LogP contribution in [0.25, 0.3) is 10.2 Å². The molecule has 3 heterocycles. The lowest BCUT2D eigenvalue weighted by atomic mass is 10.1. The maximum Gasteiger partial charge on any atom is 0.141 e. The summed E-state index contributed by atoms with van der Waals surface area (Å²) in [5, 5.41) is 1.32. The van der Waals surface area contributed by atoms with Gasteiger partial charge in [0.2, 0.25) is 0 Å². The van der Waals surface area contributed by atoms with Crippen LogP contribution in [0.15, 0.2) is 6.33 Å². The predicted octanol–water partition coefficient (Wildman–Crippen LogP) is 2.67. The van der Waals surface area contributed by atoms with Crippen molar-refractivity contribution in [2.45, 2.75) is 25.7 Å². The van der Waals surface area contributed by atoms with Gasteiger partial charge in [0, 0.05) is 31.0 Å². The lowest BCUT2D eigenvalue weighted by molar-refractivity contribution is 0.0549. The Hall–Kier alpha value is -1.24. The molecule has 2 aromatic rings. The Morgan fingerprint density at radius 3 is 3.17 bits per heavy atom. The van der Waals surface area contributed by atoms with Gasteiger partial charge in [0.25, 0.3) is 0 Å². The number of aryl methyl sites for hydroxylation is 2. The summed E-state index contributed by atoms with van der Waals surface area (Å²) in [7, 11) is 1.71. The molecular weight excluding hydrogens is 310 g/mol. The van der Waals surface area contributed by atoms with Crippen molar-refractivity contribution >= 4 is 27.4 Å². The van der Waals surface area contributed by atoms with E-state index in [1.165, 1.54) is 46.3 Å². The van der Waals surface area contributed by atoms with E-state index in [9.17, 15) is 0 Å². The van der Waals surface area contributed by atoms with Gasteiger partial charge in [-0.05, 0) is 31.2 Å². The fourth-order valence-corrected chi connectivity index (χ4v) is 4.93. The standard InChI is InChI=1S/C17H23N3O2S/c1-21-7-8-22-10-12-5-6-20(9-12)16-15-13-3-2-4-14(13)23-17(15)19-11-18-16/h11-12H,2-10H2,1H3. The molecule has 0 N–H and O–H groups in total. The Balaban J connectivity index is 1.50. The second-order valence-electron chi connectivity index (χ2n) is 6.40. The van der Waals surface area contributed by atoms with E-state index in [0.717, 1.165) is 25.5 Å². The fourth-order valence-electron chi connectivity index (χ4n) is 3.71. The second-order valence-corrected chi connectivity index (χ2v) is 7.49. The minimum absolute atomic E-state index is 0.587. The molecule has 1 saturated heterocycles. The van der Waals surface area contributed by atoms with Crippen molar-refractivity contribution in [2.24, 2.45) is 5.92 Å². The molecule has 124 valence electrons. The third-order valence-electron chi connectivity index (χ3n) is 4.85. The molecule has 0 spiro atoms. The van der Waals surface area contributed by atoms with Crippen LogP contribution in [0.4, 0.5) is 5.82 Å². The van der Waals surface area contributed by atoms with Gasteiger partial charge in [-0.15, -0.1) is 11.3 Å². The Morgan fingerprint density at radius 1 is 1.30 bits per heavy atom. The van der Waals surface area contributed by atoms with Crippen LogP contribution in [0, 0.1) is 5.92 Å². The van der Waals surface area contributed by atoms with Gasteiger partial charge in [0.05, 0.1) is 25.2 Å². The van der Waals surface area contributed by atoms with Gasteiger partial charge in [-0.1, -0.05) is 0 Å². The van der Waals surface area contributed by atoms with Crippen LogP contribution in [-0.2, 0) is 22.3 Å². The van der Waals surface area contributed by atoms with Gasteiger partial charge >= 0.3 is 0 Å². The van der Waals surface area contributed by atoms with Crippen molar-refractivity contribution in [3.63, 3.8) is 0 Å². The van der Waals surface area contributed by atoms with Gasteiger partial charge in [0.1, 0.15) is 17.0 Å². The molecular formula is C17H23N3O2S. The average Bonchev–Trinajstić information content (AvgIpc) is 3.26. The lowest BCUT2D eigenvalue weighted by Gasteiger charge is -2.19. The number of thiophene rings is 1. The molecule has 1 fully saturated rings. The minimum Gasteiger partial charge on any atom is -0.382 e. The fraction of sp³-hybridized carbons (Fsp3) is 0.647. The molecule has 2 aromatic heterocycles. The zero-order valence-corrected chi connectivity index (χ0v) is 14.4. The maximum absolute atomic E-state index is 5.71. The number of nitrogens with zero attached hydrogens (tertiary/aromatic N) is 3. The van der Waals surface area contributed by atoms with Crippen molar-refractivity contribution in [3.8, 4) is 0 Å². The number of aromatic nitrogens is 2. The number of anilines is 1. The molecule has 5 nitrogen and oxygen atoms in total. The molecule has 0 radical (unpaired) electrons. The molecule has 1 aliphatic heterocycles. The van der Waals surface area contributed by atoms with Crippen LogP contribution in [-0.4, -0.2) is 50.0 Å². The van der Waals surface area contributed by atoms with Crippen molar-refractivity contribution in [1.29, 1.82) is 0 Å². The van der Waals surface area contributed by atoms with E-state index >= 15 is 0 Å². The summed E-state index contributed by atoms with van der Waals surface area (Å²) in [4.78, 5) is 14.3. The number of rotatable bonds is 6. The van der Waals surface area contributed by atoms with E-state index in [2.05, 4.69) is 14.9 Å². The highest BCUT2D eigenvalue weighted by atomic mass is 32.1. The third-order valence-corrected chi connectivity index (χ3v) is 6.05. The van der Waals surface area contributed by atoms with Gasteiger partial charge in [-0.3, -0.25) is 0 Å². The Morgan fingerprint density at radius 2 is 2.26 bits per heavy atom. The van der Waals surface area contributed by atoms with Gasteiger partial charge in [-0.2, -0.15) is 0 Å². The monoisotopic (exact) mass is 333 g/mol. The van der Waals surface area contributed by atoms with Crippen LogP contribution < -0.4 is 4.90 Å². The Kier molecular flexibility index (Phi) is 4.46. The normalized spacial score (nSPS) is 20.6. The first-order chi connectivity index (χ1) is 11.4. The SMILES string of the molecule is COCCOCC1CCN(c2ncnc3sc4c(c23)CCC4)C1. The lowest BCUT2D eigenvalue weighted by Crippen LogP contribution is -2.23. The summed E-state index contributed by atoms with van der Waals surface area (Å²) in [6.07, 6.45) is 6.58. The quantitative estimate of drug-likeness (QED) is 0.761. The highest BCUT2D eigenvalue weighted by Gasteiger charge is 2.28. The van der Waals surface area contributed by atoms with E-state index in [4.69, 9.17) is 9.47 Å². The predicted molar refractivity (Wildman–Crippen MR) is 92.5 cm³/mol. The molecule has 2 aliphatic rings. The summed E-state index contributed by atoms with van der Waals surface area (Å²) in [6, 6.07) is 0. The first kappa shape index (κ1) is 15.3. The molecule has 1 unspecified atom stereocenters. The molecule has 1 atom stereocenters. The molecule has 0 amide bonds. The average molecular weight is 333 g/mol. The van der Waals surface area contributed by atoms with E-state index in [1.807, 2.05) is 11.3 Å². The van der Waals surface area contributed by atoms with E-state index in [-0.39, 0.29) is 0 Å². The number of hydrogen-bond donors (Lipinski definition) is 0. The zero-order valence-electron chi connectivity index (χ0n) is 13.6. The number of methoxy groups -OCH3 is 1. The Bertz CT molecular complexity index is 688. The van der Waals surface area contributed by atoms with Crippen LogP contribution in [0.5, 0.6) is 0 Å². The first-order valence-electron chi connectivity index (χ1n) is 8.43. The van der Waals surface area contributed by atoms with Crippen molar-refractivity contribution in [2.75, 3.05) is 44.9 Å². The Labute approximate surface area is 140 Å². The molecule has 0 saturated carbocycles. The van der Waals surface area contributed by atoms with Crippen LogP contribution in [0.2, 0.25) is 0 Å². The molecule has 4 rings (SSSR count). The zero-order chi connectivity index (χ0) is 15.6. The topological polar surface area (TPSA) is 47.5 Å². The van der Waals surface area contributed by atoms with Crippen LogP contribution >= 0.6 is 11.3 Å². The van der Waals surface area contributed by atoms with Gasteiger partial charge in [-0.25, -0.2) is 9.97 Å². The van der Waals surface area contributed by atoms with E-state index in [1.54, 1.807) is 13.4 Å². The van der Waals surface area contributed by atoms with Crippen LogP contribution in [0.1, 0.15) is 23.3 Å². The largest absolute Gasteiger partial charge is 0.382 e. The molecule has 6 heteroatoms. The summed E-state index contributed by atoms with van der Waals surface area (Å²) in [5.41, 5.74) is 1.51. The minimum atomic E-state index is 0.587. The number of hydrogen-bond acceptors (Lipinski definition) is 6.